The van der Waals surface area contributed by atoms with Crippen LogP contribution in [-0.4, -0.2) is 82.1 Å². The normalized spacial score (nSPS) is 22.7. The minimum atomic E-state index is -1.14. The molecule has 12 nitrogen and oxygen atoms in total. The Morgan fingerprint density at radius 1 is 0.952 bits per heavy atom. The van der Waals surface area contributed by atoms with E-state index in [1.165, 1.54) is 4.90 Å². The summed E-state index contributed by atoms with van der Waals surface area (Å²) in [5.41, 5.74) is 4.51. The van der Waals surface area contributed by atoms with Gasteiger partial charge in [-0.15, -0.1) is 23.2 Å². The maximum absolute atomic E-state index is 14.1. The van der Waals surface area contributed by atoms with E-state index in [1.54, 1.807) is 20.8 Å². The van der Waals surface area contributed by atoms with Crippen molar-refractivity contribution in [1.82, 2.24) is 20.9 Å². The highest BCUT2D eigenvalue weighted by molar-refractivity contribution is 6.44. The number of esters is 1. The summed E-state index contributed by atoms with van der Waals surface area (Å²) in [6.45, 7) is 4.81. The lowest BCUT2D eigenvalue weighted by atomic mass is 9.83. The molecule has 3 unspecified atom stereocenters. The molecule has 0 aromatic heterocycles. The quantitative estimate of drug-likeness (QED) is 0.144. The van der Waals surface area contributed by atoms with E-state index in [0.717, 1.165) is 32.1 Å². The van der Waals surface area contributed by atoms with Crippen molar-refractivity contribution >= 4 is 58.7 Å². The second kappa shape index (κ2) is 14.7. The summed E-state index contributed by atoms with van der Waals surface area (Å²) < 4.78 is 5.22. The van der Waals surface area contributed by atoms with E-state index in [2.05, 4.69) is 16.0 Å². The third-order valence-electron chi connectivity index (χ3n) is 7.90. The van der Waals surface area contributed by atoms with Crippen molar-refractivity contribution in [2.75, 3.05) is 13.1 Å². The van der Waals surface area contributed by atoms with Crippen molar-refractivity contribution in [3.63, 3.8) is 0 Å². The molecular formula is C28H43Cl2N5O7. The molecule has 5 amide bonds. The maximum Gasteiger partial charge on any atom is 0.325 e. The number of hydrogen-bond donors (Lipinski definition) is 4. The van der Waals surface area contributed by atoms with Gasteiger partial charge in [0.05, 0.1) is 6.04 Å². The number of halogens is 2. The molecule has 4 atom stereocenters. The van der Waals surface area contributed by atoms with Gasteiger partial charge in [0.2, 0.25) is 17.6 Å². The van der Waals surface area contributed by atoms with Crippen LogP contribution in [0, 0.1) is 17.8 Å². The van der Waals surface area contributed by atoms with Gasteiger partial charge in [0.25, 0.3) is 5.91 Å². The second-order valence-electron chi connectivity index (χ2n) is 12.6. The molecule has 14 heteroatoms. The summed E-state index contributed by atoms with van der Waals surface area (Å²) >= 11 is 12.4. The first-order chi connectivity index (χ1) is 19.7. The van der Waals surface area contributed by atoms with Crippen LogP contribution in [0.2, 0.25) is 0 Å². The predicted octanol–water partition coefficient (Wildman–Crippen LogP) is 1.94. The Labute approximate surface area is 256 Å². The average Bonchev–Trinajstić information content (AvgIpc) is 3.61. The molecular weight excluding hydrogens is 589 g/mol. The number of urea groups is 1. The number of primary amides is 1. The van der Waals surface area contributed by atoms with E-state index in [0.29, 0.717) is 12.8 Å². The molecule has 0 spiro atoms. The Kier molecular flexibility index (Phi) is 11.9. The summed E-state index contributed by atoms with van der Waals surface area (Å²) in [6, 6.07) is -3.81. The van der Waals surface area contributed by atoms with Crippen molar-refractivity contribution in [3.05, 3.63) is 0 Å². The van der Waals surface area contributed by atoms with E-state index in [9.17, 15) is 28.8 Å². The van der Waals surface area contributed by atoms with Crippen LogP contribution in [0.15, 0.2) is 0 Å². The smallest absolute Gasteiger partial charge is 0.325 e. The molecule has 0 aromatic rings. The number of nitrogens with zero attached hydrogens (tertiary/aromatic N) is 1. The Bertz CT molecular complexity index is 1040. The maximum atomic E-state index is 14.1. The minimum absolute atomic E-state index is 0.0655. The number of carbonyl (C=O) groups is 6. The number of likely N-dealkylation sites (tertiary alicyclic amines) is 1. The van der Waals surface area contributed by atoms with Gasteiger partial charge in [0, 0.05) is 12.5 Å². The van der Waals surface area contributed by atoms with Crippen LogP contribution in [0.25, 0.3) is 0 Å². The number of rotatable bonds is 12. The zero-order valence-corrected chi connectivity index (χ0v) is 26.0. The number of hydrogen-bond acceptors (Lipinski definition) is 7. The molecule has 236 valence electrons. The zero-order valence-electron chi connectivity index (χ0n) is 24.5. The van der Waals surface area contributed by atoms with Gasteiger partial charge in [-0.2, -0.15) is 0 Å². The van der Waals surface area contributed by atoms with E-state index in [1.807, 2.05) is 0 Å². The van der Waals surface area contributed by atoms with Crippen LogP contribution in [0.3, 0.4) is 0 Å². The third-order valence-corrected chi connectivity index (χ3v) is 8.62. The highest BCUT2D eigenvalue weighted by atomic mass is 35.5. The van der Waals surface area contributed by atoms with E-state index < -0.39 is 70.0 Å². The first kappa shape index (κ1) is 33.9. The summed E-state index contributed by atoms with van der Waals surface area (Å²) in [5, 5.41) is 7.83. The SMILES string of the molecule is CC(C)(C)OC(=O)CNC(=O)NC(C(=O)N1C[C@H](C(Cl)Cl)CC1C(=O)NC(CC1CC1)C(=O)C(N)=O)C1CCCCC1. The van der Waals surface area contributed by atoms with Gasteiger partial charge in [-0.3, -0.25) is 24.0 Å². The molecule has 0 radical (unpaired) electrons. The predicted molar refractivity (Wildman–Crippen MR) is 155 cm³/mol. The molecule has 3 aliphatic rings. The van der Waals surface area contributed by atoms with E-state index >= 15 is 0 Å². The molecule has 42 heavy (non-hydrogen) atoms. The lowest BCUT2D eigenvalue weighted by Gasteiger charge is -2.35. The highest BCUT2D eigenvalue weighted by Crippen LogP contribution is 2.35. The third kappa shape index (κ3) is 10.00. The van der Waals surface area contributed by atoms with Gasteiger partial charge >= 0.3 is 12.0 Å². The molecule has 0 bridgehead atoms. The first-order valence-corrected chi connectivity index (χ1v) is 15.5. The Balaban J connectivity index is 1.77. The number of Topliss-reactive ketones (excluding diaryl/α,β-unsaturated/α-hetero) is 1. The largest absolute Gasteiger partial charge is 0.459 e. The number of nitrogens with two attached hydrogens (primary N) is 1. The fraction of sp³-hybridized carbons (Fsp3) is 0.786. The lowest BCUT2D eigenvalue weighted by Crippen LogP contribution is -2.59. The Morgan fingerprint density at radius 2 is 1.60 bits per heavy atom. The fourth-order valence-corrected chi connectivity index (χ4v) is 6.02. The number of carbonyl (C=O) groups excluding carboxylic acids is 6. The minimum Gasteiger partial charge on any atom is -0.459 e. The van der Waals surface area contributed by atoms with Gasteiger partial charge in [-0.1, -0.05) is 32.1 Å². The van der Waals surface area contributed by atoms with Crippen LogP contribution in [0.4, 0.5) is 4.79 Å². The van der Waals surface area contributed by atoms with Gasteiger partial charge in [0.15, 0.2) is 0 Å². The molecule has 3 rings (SSSR count). The van der Waals surface area contributed by atoms with Crippen molar-refractivity contribution < 1.29 is 33.5 Å². The molecule has 5 N–H and O–H groups in total. The topological polar surface area (TPSA) is 177 Å². The Morgan fingerprint density at radius 3 is 2.14 bits per heavy atom. The number of nitrogens with one attached hydrogen (secondary N) is 3. The zero-order chi connectivity index (χ0) is 31.2. The van der Waals surface area contributed by atoms with Gasteiger partial charge < -0.3 is 31.3 Å². The van der Waals surface area contributed by atoms with E-state index in [-0.39, 0.29) is 37.8 Å². The van der Waals surface area contributed by atoms with Crippen LogP contribution >= 0.6 is 23.2 Å². The number of ketones is 1. The molecule has 2 saturated carbocycles. The fourth-order valence-electron chi connectivity index (χ4n) is 5.65. The molecule has 0 aromatic carbocycles. The van der Waals surface area contributed by atoms with Crippen molar-refractivity contribution in [2.45, 2.75) is 107 Å². The number of amides is 5. The van der Waals surface area contributed by atoms with Crippen LogP contribution in [0.5, 0.6) is 0 Å². The molecule has 2 aliphatic carbocycles. The summed E-state index contributed by atoms with van der Waals surface area (Å²) in [5.74, 6) is -4.17. The number of ether oxygens (including phenoxy) is 1. The number of alkyl halides is 2. The lowest BCUT2D eigenvalue weighted by molar-refractivity contribution is -0.153. The monoisotopic (exact) mass is 631 g/mol. The molecule has 3 fully saturated rings. The highest BCUT2D eigenvalue weighted by Gasteiger charge is 2.46. The van der Waals surface area contributed by atoms with E-state index in [4.69, 9.17) is 33.7 Å². The van der Waals surface area contributed by atoms with Crippen molar-refractivity contribution in [3.8, 4) is 0 Å². The standard InChI is InChI=1S/C28H43Cl2N5O7/c1-28(2,3)42-20(36)13-32-27(41)34-21(16-7-5-4-6-8-16)26(40)35-14-17(23(29)30)12-19(35)25(39)33-18(11-15-9-10-15)22(37)24(31)38/h15-19,21,23H,4-14H2,1-3H3,(H2,31,38)(H,33,39)(H2,32,34,41)/t17-,18?,19?,21?/m1/s1. The average molecular weight is 633 g/mol. The first-order valence-electron chi connectivity index (χ1n) is 14.6. The summed E-state index contributed by atoms with van der Waals surface area (Å²) in [4.78, 5) is 77.2. The van der Waals surface area contributed by atoms with Gasteiger partial charge in [-0.25, -0.2) is 4.79 Å². The summed E-state index contributed by atoms with van der Waals surface area (Å²) in [7, 11) is 0. The molecule has 1 aliphatic heterocycles. The van der Waals surface area contributed by atoms with Gasteiger partial charge in [-0.05, 0) is 58.3 Å². The van der Waals surface area contributed by atoms with Crippen molar-refractivity contribution in [2.24, 2.45) is 23.5 Å². The van der Waals surface area contributed by atoms with Crippen LogP contribution < -0.4 is 21.7 Å². The second-order valence-corrected chi connectivity index (χ2v) is 13.8. The van der Waals surface area contributed by atoms with Crippen molar-refractivity contribution in [1.29, 1.82) is 0 Å². The van der Waals surface area contributed by atoms with Crippen LogP contribution in [0.1, 0.15) is 78.6 Å². The summed E-state index contributed by atoms with van der Waals surface area (Å²) in [6.07, 6.45) is 6.36. The molecule has 1 saturated heterocycles. The molecule has 1 heterocycles. The van der Waals surface area contributed by atoms with Gasteiger partial charge in [0.1, 0.15) is 29.1 Å². The Hall–Kier alpha value is -2.60. The van der Waals surface area contributed by atoms with Crippen LogP contribution in [-0.2, 0) is 28.7 Å².